The van der Waals surface area contributed by atoms with E-state index < -0.39 is 11.6 Å². The van der Waals surface area contributed by atoms with Crippen LogP contribution in [-0.2, 0) is 11.2 Å². The lowest BCUT2D eigenvalue weighted by molar-refractivity contribution is 0.547. The Bertz CT molecular complexity index is 284. The molecular formula is C9H7F2O. The fraction of sp³-hybridized carbons (Fsp3) is 0.222. The first-order valence-corrected chi connectivity index (χ1v) is 3.53. The zero-order chi connectivity index (χ0) is 8.97. The van der Waals surface area contributed by atoms with Crippen LogP contribution in [0.1, 0.15) is 12.0 Å². The van der Waals surface area contributed by atoms with Crippen LogP contribution in [0, 0.1) is 11.6 Å². The number of aryl methyl sites for hydroxylation is 1. The molecule has 1 aromatic rings. The van der Waals surface area contributed by atoms with Crippen LogP contribution in [0.3, 0.4) is 0 Å². The molecule has 0 unspecified atom stereocenters. The summed E-state index contributed by atoms with van der Waals surface area (Å²) in [4.78, 5) is 9.83. The van der Waals surface area contributed by atoms with Crippen LogP contribution in [-0.4, -0.2) is 6.29 Å². The Balaban J connectivity index is 2.78. The van der Waals surface area contributed by atoms with Gasteiger partial charge in [0.05, 0.1) is 0 Å². The van der Waals surface area contributed by atoms with E-state index in [1.54, 1.807) is 6.29 Å². The van der Waals surface area contributed by atoms with E-state index in [9.17, 15) is 13.6 Å². The zero-order valence-electron chi connectivity index (χ0n) is 6.31. The van der Waals surface area contributed by atoms with Crippen molar-refractivity contribution >= 4 is 6.29 Å². The molecule has 0 amide bonds. The molecule has 0 aromatic heterocycles. The first-order chi connectivity index (χ1) is 5.74. The quantitative estimate of drug-likeness (QED) is 0.676. The van der Waals surface area contributed by atoms with Crippen LogP contribution in [0.25, 0.3) is 0 Å². The normalized spacial score (nSPS) is 9.83. The van der Waals surface area contributed by atoms with Gasteiger partial charge in [-0.2, -0.15) is 0 Å². The van der Waals surface area contributed by atoms with Crippen molar-refractivity contribution in [1.82, 2.24) is 0 Å². The fourth-order valence-electron chi connectivity index (χ4n) is 0.910. The van der Waals surface area contributed by atoms with Crippen molar-refractivity contribution in [2.24, 2.45) is 0 Å². The summed E-state index contributed by atoms with van der Waals surface area (Å²) in [6.07, 6.45) is 2.06. The summed E-state index contributed by atoms with van der Waals surface area (Å²) in [5.74, 6) is -1.21. The Kier molecular flexibility index (Phi) is 2.91. The first-order valence-electron chi connectivity index (χ1n) is 3.53. The van der Waals surface area contributed by atoms with Gasteiger partial charge in [0, 0.05) is 12.5 Å². The number of hydrogen-bond acceptors (Lipinski definition) is 1. The third-order valence-electron chi connectivity index (χ3n) is 1.51. The van der Waals surface area contributed by atoms with Crippen molar-refractivity contribution < 1.29 is 13.6 Å². The fourth-order valence-corrected chi connectivity index (χ4v) is 0.910. The minimum absolute atomic E-state index is 0.141. The summed E-state index contributed by atoms with van der Waals surface area (Å²) in [6, 6.07) is 3.31. The molecular weight excluding hydrogens is 162 g/mol. The van der Waals surface area contributed by atoms with Gasteiger partial charge in [-0.25, -0.2) is 8.78 Å². The van der Waals surface area contributed by atoms with E-state index in [1.807, 2.05) is 0 Å². The SMILES string of the molecule is O=[C]CCc1ccc(F)cc1F. The van der Waals surface area contributed by atoms with E-state index in [-0.39, 0.29) is 12.8 Å². The lowest BCUT2D eigenvalue weighted by atomic mass is 10.1. The van der Waals surface area contributed by atoms with Gasteiger partial charge in [-0.15, -0.1) is 0 Å². The standard InChI is InChI=1S/C9H7F2O/c10-8-4-3-7(2-1-5-12)9(11)6-8/h3-4,6H,1-2H2. The second-order valence-electron chi connectivity index (χ2n) is 2.38. The zero-order valence-corrected chi connectivity index (χ0v) is 6.31. The average molecular weight is 169 g/mol. The number of carbonyl (C=O) groups excluding carboxylic acids is 1. The number of hydrogen-bond donors (Lipinski definition) is 0. The maximum atomic E-state index is 12.8. The van der Waals surface area contributed by atoms with E-state index in [0.29, 0.717) is 5.56 Å². The van der Waals surface area contributed by atoms with Crippen LogP contribution in [0.4, 0.5) is 8.78 Å². The van der Waals surface area contributed by atoms with Crippen LogP contribution < -0.4 is 0 Å². The highest BCUT2D eigenvalue weighted by Gasteiger charge is 2.02. The molecule has 1 aromatic carbocycles. The molecule has 0 heterocycles. The molecule has 0 bridgehead atoms. The maximum Gasteiger partial charge on any atom is 0.198 e. The predicted molar refractivity (Wildman–Crippen MR) is 40.4 cm³/mol. The van der Waals surface area contributed by atoms with E-state index in [2.05, 4.69) is 0 Å². The Morgan fingerprint density at radius 1 is 1.33 bits per heavy atom. The van der Waals surface area contributed by atoms with Gasteiger partial charge in [0.2, 0.25) is 0 Å². The van der Waals surface area contributed by atoms with E-state index in [0.717, 1.165) is 6.07 Å². The molecule has 0 aliphatic heterocycles. The summed E-state index contributed by atoms with van der Waals surface area (Å²) < 4.78 is 25.2. The molecule has 0 fully saturated rings. The van der Waals surface area contributed by atoms with Crippen molar-refractivity contribution in [3.05, 3.63) is 35.4 Å². The topological polar surface area (TPSA) is 17.1 Å². The molecule has 1 radical (unpaired) electrons. The summed E-state index contributed by atoms with van der Waals surface area (Å²) >= 11 is 0. The Morgan fingerprint density at radius 2 is 2.08 bits per heavy atom. The average Bonchev–Trinajstić information content (AvgIpc) is 2.03. The lowest BCUT2D eigenvalue weighted by Gasteiger charge is -1.98. The summed E-state index contributed by atoms with van der Waals surface area (Å²) in [5.41, 5.74) is 0.347. The van der Waals surface area contributed by atoms with E-state index >= 15 is 0 Å². The molecule has 0 saturated heterocycles. The third-order valence-corrected chi connectivity index (χ3v) is 1.51. The number of benzene rings is 1. The molecule has 0 aliphatic carbocycles. The van der Waals surface area contributed by atoms with Gasteiger partial charge in [-0.05, 0) is 18.1 Å². The molecule has 0 spiro atoms. The highest BCUT2D eigenvalue weighted by Crippen LogP contribution is 2.10. The predicted octanol–water partition coefficient (Wildman–Crippen LogP) is 2.01. The van der Waals surface area contributed by atoms with E-state index in [1.165, 1.54) is 12.1 Å². The van der Waals surface area contributed by atoms with Crippen molar-refractivity contribution in [2.75, 3.05) is 0 Å². The summed E-state index contributed by atoms with van der Waals surface area (Å²) in [7, 11) is 0. The van der Waals surface area contributed by atoms with Crippen LogP contribution >= 0.6 is 0 Å². The van der Waals surface area contributed by atoms with Gasteiger partial charge in [0.25, 0.3) is 0 Å². The van der Waals surface area contributed by atoms with Crippen molar-refractivity contribution in [1.29, 1.82) is 0 Å². The van der Waals surface area contributed by atoms with Crippen LogP contribution in [0.2, 0.25) is 0 Å². The Hall–Kier alpha value is -1.25. The van der Waals surface area contributed by atoms with Gasteiger partial charge in [0.15, 0.2) is 6.29 Å². The Labute approximate surface area is 69.0 Å². The monoisotopic (exact) mass is 169 g/mol. The van der Waals surface area contributed by atoms with Crippen molar-refractivity contribution in [3.8, 4) is 0 Å². The second kappa shape index (κ2) is 3.95. The molecule has 0 aliphatic rings. The molecule has 12 heavy (non-hydrogen) atoms. The molecule has 0 saturated carbocycles. The Morgan fingerprint density at radius 3 is 2.67 bits per heavy atom. The van der Waals surface area contributed by atoms with Gasteiger partial charge >= 0.3 is 0 Å². The second-order valence-corrected chi connectivity index (χ2v) is 2.38. The van der Waals surface area contributed by atoms with Gasteiger partial charge in [-0.3, -0.25) is 4.79 Å². The highest BCUT2D eigenvalue weighted by molar-refractivity contribution is 5.51. The largest absolute Gasteiger partial charge is 0.291 e. The molecule has 63 valence electrons. The van der Waals surface area contributed by atoms with Crippen molar-refractivity contribution in [2.45, 2.75) is 12.8 Å². The molecule has 0 N–H and O–H groups in total. The minimum atomic E-state index is -0.606. The molecule has 1 rings (SSSR count). The first kappa shape index (κ1) is 8.84. The lowest BCUT2D eigenvalue weighted by Crippen LogP contribution is -1.92. The van der Waals surface area contributed by atoms with Gasteiger partial charge in [0.1, 0.15) is 11.6 Å². The van der Waals surface area contributed by atoms with Crippen molar-refractivity contribution in [3.63, 3.8) is 0 Å². The van der Waals surface area contributed by atoms with Crippen LogP contribution in [0.15, 0.2) is 18.2 Å². The molecule has 0 atom stereocenters. The third kappa shape index (κ3) is 2.12. The van der Waals surface area contributed by atoms with Gasteiger partial charge in [-0.1, -0.05) is 6.07 Å². The minimum Gasteiger partial charge on any atom is -0.291 e. The van der Waals surface area contributed by atoms with Crippen LogP contribution in [0.5, 0.6) is 0 Å². The number of rotatable bonds is 3. The van der Waals surface area contributed by atoms with E-state index in [4.69, 9.17) is 0 Å². The van der Waals surface area contributed by atoms with Gasteiger partial charge < -0.3 is 0 Å². The molecule has 1 nitrogen and oxygen atoms in total. The molecule has 3 heteroatoms. The summed E-state index contributed by atoms with van der Waals surface area (Å²) in [6.45, 7) is 0. The number of halogens is 2. The summed E-state index contributed by atoms with van der Waals surface area (Å²) in [5, 5.41) is 0. The maximum absolute atomic E-state index is 12.8. The smallest absolute Gasteiger partial charge is 0.198 e. The highest BCUT2D eigenvalue weighted by atomic mass is 19.1.